The zero-order valence-electron chi connectivity index (χ0n) is 16.0. The fourth-order valence-electron chi connectivity index (χ4n) is 4.69. The molecular formula is C19H29N5O2. The van der Waals surface area contributed by atoms with Gasteiger partial charge in [-0.3, -0.25) is 19.6 Å². The van der Waals surface area contributed by atoms with E-state index in [4.69, 9.17) is 0 Å². The zero-order valence-corrected chi connectivity index (χ0v) is 16.0. The van der Waals surface area contributed by atoms with Crippen molar-refractivity contribution in [3.63, 3.8) is 0 Å². The minimum absolute atomic E-state index is 0.0275. The van der Waals surface area contributed by atoms with Crippen molar-refractivity contribution in [3.05, 3.63) is 17.5 Å². The summed E-state index contributed by atoms with van der Waals surface area (Å²) in [5, 5.41) is 6.77. The van der Waals surface area contributed by atoms with E-state index >= 15 is 0 Å². The topological polar surface area (TPSA) is 72.5 Å². The SMILES string of the molecule is Cc1cn[nH]c1C(=O)N1CC2(CCCCN(C(=O)C3(N(C)C)CC3)C2)C1. The Balaban J connectivity index is 1.44. The van der Waals surface area contributed by atoms with Crippen LogP contribution in [0.25, 0.3) is 0 Å². The highest BCUT2D eigenvalue weighted by molar-refractivity contribution is 5.94. The van der Waals surface area contributed by atoms with E-state index in [-0.39, 0.29) is 22.8 Å². The number of nitrogens with one attached hydrogen (secondary N) is 1. The predicted molar refractivity (Wildman–Crippen MR) is 97.7 cm³/mol. The number of hydrogen-bond donors (Lipinski definition) is 1. The van der Waals surface area contributed by atoms with Gasteiger partial charge in [0.05, 0.1) is 6.20 Å². The number of aromatic amines is 1. The van der Waals surface area contributed by atoms with Crippen molar-refractivity contribution in [1.29, 1.82) is 0 Å². The maximum Gasteiger partial charge on any atom is 0.272 e. The van der Waals surface area contributed by atoms with Gasteiger partial charge in [-0.15, -0.1) is 0 Å². The number of rotatable bonds is 3. The van der Waals surface area contributed by atoms with Crippen LogP contribution in [-0.2, 0) is 4.79 Å². The molecule has 1 aromatic rings. The number of nitrogens with zero attached hydrogens (tertiary/aromatic N) is 4. The molecule has 4 rings (SSSR count). The minimum atomic E-state index is -0.266. The molecule has 0 bridgehead atoms. The molecule has 3 fully saturated rings. The number of aryl methyl sites for hydroxylation is 1. The normalized spacial score (nSPS) is 23.7. The number of likely N-dealkylation sites (N-methyl/N-ethyl adjacent to an activating group) is 1. The van der Waals surface area contributed by atoms with Gasteiger partial charge >= 0.3 is 0 Å². The molecular weight excluding hydrogens is 330 g/mol. The van der Waals surface area contributed by atoms with Gasteiger partial charge in [0.1, 0.15) is 11.2 Å². The lowest BCUT2D eigenvalue weighted by Crippen LogP contribution is -2.63. The van der Waals surface area contributed by atoms with Gasteiger partial charge in [-0.25, -0.2) is 0 Å². The van der Waals surface area contributed by atoms with Gasteiger partial charge in [0.25, 0.3) is 5.91 Å². The third kappa shape index (κ3) is 2.73. The molecule has 3 aliphatic rings. The maximum atomic E-state index is 13.1. The van der Waals surface area contributed by atoms with Crippen molar-refractivity contribution in [2.75, 3.05) is 40.3 Å². The Morgan fingerprint density at radius 2 is 1.81 bits per heavy atom. The Morgan fingerprint density at radius 1 is 1.12 bits per heavy atom. The van der Waals surface area contributed by atoms with Crippen LogP contribution in [0.5, 0.6) is 0 Å². The molecule has 2 amide bonds. The van der Waals surface area contributed by atoms with Crippen molar-refractivity contribution in [2.24, 2.45) is 5.41 Å². The summed E-state index contributed by atoms with van der Waals surface area (Å²) in [6, 6.07) is 0. The van der Waals surface area contributed by atoms with Crippen LogP contribution in [0.3, 0.4) is 0 Å². The zero-order chi connectivity index (χ0) is 18.5. The van der Waals surface area contributed by atoms with E-state index in [0.29, 0.717) is 5.69 Å². The number of carbonyl (C=O) groups excluding carboxylic acids is 2. The molecule has 1 N–H and O–H groups in total. The third-order valence-corrected chi connectivity index (χ3v) is 6.56. The molecule has 7 heteroatoms. The predicted octanol–water partition coefficient (Wildman–Crippen LogP) is 1.27. The Bertz CT molecular complexity index is 715. The highest BCUT2D eigenvalue weighted by Crippen LogP contribution is 2.44. The lowest BCUT2D eigenvalue weighted by atomic mass is 9.75. The summed E-state index contributed by atoms with van der Waals surface area (Å²) in [6.45, 7) is 5.01. The quantitative estimate of drug-likeness (QED) is 0.882. The fraction of sp³-hybridized carbons (Fsp3) is 0.737. The van der Waals surface area contributed by atoms with Crippen molar-refractivity contribution in [1.82, 2.24) is 24.9 Å². The van der Waals surface area contributed by atoms with Crippen LogP contribution >= 0.6 is 0 Å². The number of aromatic nitrogens is 2. The van der Waals surface area contributed by atoms with Crippen LogP contribution in [0.2, 0.25) is 0 Å². The van der Waals surface area contributed by atoms with E-state index in [2.05, 4.69) is 20.0 Å². The number of likely N-dealkylation sites (tertiary alicyclic amines) is 2. The van der Waals surface area contributed by atoms with E-state index < -0.39 is 0 Å². The van der Waals surface area contributed by atoms with Gasteiger partial charge in [0.15, 0.2) is 0 Å². The minimum Gasteiger partial charge on any atom is -0.340 e. The molecule has 1 saturated carbocycles. The van der Waals surface area contributed by atoms with Gasteiger partial charge < -0.3 is 9.80 Å². The van der Waals surface area contributed by atoms with E-state index in [1.54, 1.807) is 6.20 Å². The molecule has 26 heavy (non-hydrogen) atoms. The van der Waals surface area contributed by atoms with E-state index in [9.17, 15) is 9.59 Å². The highest BCUT2D eigenvalue weighted by atomic mass is 16.2. The second-order valence-electron chi connectivity index (χ2n) is 8.70. The lowest BCUT2D eigenvalue weighted by Gasteiger charge is -2.51. The largest absolute Gasteiger partial charge is 0.340 e. The molecule has 7 nitrogen and oxygen atoms in total. The molecule has 0 unspecified atom stereocenters. The number of amides is 2. The summed E-state index contributed by atoms with van der Waals surface area (Å²) < 4.78 is 0. The smallest absolute Gasteiger partial charge is 0.272 e. The average Bonchev–Trinajstić information content (AvgIpc) is 3.32. The first-order chi connectivity index (χ1) is 12.4. The molecule has 3 heterocycles. The monoisotopic (exact) mass is 359 g/mol. The summed E-state index contributed by atoms with van der Waals surface area (Å²) in [5.41, 5.74) is 1.27. The first kappa shape index (κ1) is 17.5. The van der Waals surface area contributed by atoms with Gasteiger partial charge in [-0.05, 0) is 52.3 Å². The first-order valence-corrected chi connectivity index (χ1v) is 9.63. The van der Waals surface area contributed by atoms with E-state index in [0.717, 1.165) is 63.8 Å². The van der Waals surface area contributed by atoms with Gasteiger partial charge in [-0.1, -0.05) is 6.42 Å². The molecule has 2 aliphatic heterocycles. The number of H-pyrrole nitrogens is 1. The van der Waals surface area contributed by atoms with E-state index in [1.165, 1.54) is 0 Å². The maximum absolute atomic E-state index is 13.1. The standard InChI is InChI=1S/C19H29N5O2/c1-14-10-20-21-15(14)16(25)24-12-18(13-24)6-4-5-9-23(11-18)17(26)19(7-8-19)22(2)3/h10H,4-9,11-13H2,1-3H3,(H,20,21). The molecule has 0 aromatic carbocycles. The summed E-state index contributed by atoms with van der Waals surface area (Å²) in [4.78, 5) is 31.9. The van der Waals surface area contributed by atoms with Gasteiger partial charge in [0.2, 0.25) is 5.91 Å². The van der Waals surface area contributed by atoms with Gasteiger partial charge in [-0.2, -0.15) is 5.10 Å². The Kier molecular flexibility index (Phi) is 4.10. The summed E-state index contributed by atoms with van der Waals surface area (Å²) in [6.07, 6.45) is 6.90. The van der Waals surface area contributed by atoms with Crippen LogP contribution in [0.1, 0.15) is 48.2 Å². The van der Waals surface area contributed by atoms with Crippen molar-refractivity contribution < 1.29 is 9.59 Å². The molecule has 0 atom stereocenters. The highest BCUT2D eigenvalue weighted by Gasteiger charge is 2.56. The fourth-order valence-corrected chi connectivity index (χ4v) is 4.69. The molecule has 1 aliphatic carbocycles. The second-order valence-corrected chi connectivity index (χ2v) is 8.70. The summed E-state index contributed by atoms with van der Waals surface area (Å²) in [5.74, 6) is 0.317. The number of hydrogen-bond acceptors (Lipinski definition) is 4. The third-order valence-electron chi connectivity index (χ3n) is 6.56. The Labute approximate surface area is 154 Å². The van der Waals surface area contributed by atoms with Crippen LogP contribution in [0.15, 0.2) is 6.20 Å². The van der Waals surface area contributed by atoms with Gasteiger partial charge in [0, 0.05) is 31.6 Å². The van der Waals surface area contributed by atoms with Crippen LogP contribution in [-0.4, -0.2) is 82.5 Å². The Hall–Kier alpha value is -1.89. The lowest BCUT2D eigenvalue weighted by molar-refractivity contribution is -0.140. The number of carbonyl (C=O) groups is 2. The van der Waals surface area contributed by atoms with Crippen LogP contribution < -0.4 is 0 Å². The molecule has 1 aromatic heterocycles. The van der Waals surface area contributed by atoms with Crippen molar-refractivity contribution in [3.8, 4) is 0 Å². The van der Waals surface area contributed by atoms with Crippen molar-refractivity contribution >= 4 is 11.8 Å². The molecule has 1 spiro atoms. The Morgan fingerprint density at radius 3 is 2.38 bits per heavy atom. The molecule has 0 radical (unpaired) electrons. The first-order valence-electron chi connectivity index (χ1n) is 9.63. The van der Waals surface area contributed by atoms with Crippen LogP contribution in [0, 0.1) is 12.3 Å². The van der Waals surface area contributed by atoms with Crippen molar-refractivity contribution in [2.45, 2.75) is 44.6 Å². The van der Waals surface area contributed by atoms with E-state index in [1.807, 2.05) is 25.9 Å². The second kappa shape index (κ2) is 6.08. The summed E-state index contributed by atoms with van der Waals surface area (Å²) in [7, 11) is 4.02. The molecule has 142 valence electrons. The molecule has 2 saturated heterocycles. The van der Waals surface area contributed by atoms with Crippen LogP contribution in [0.4, 0.5) is 0 Å². The summed E-state index contributed by atoms with van der Waals surface area (Å²) >= 11 is 0. The average molecular weight is 359 g/mol.